The number of ether oxygens (including phenoxy) is 7. The van der Waals surface area contributed by atoms with Crippen LogP contribution >= 0.6 is 0 Å². The molecule has 0 bridgehead atoms. The third kappa shape index (κ3) is 11.4. The maximum absolute atomic E-state index is 12.1. The van der Waals surface area contributed by atoms with Crippen molar-refractivity contribution in [3.05, 3.63) is 0 Å². The van der Waals surface area contributed by atoms with Gasteiger partial charge in [0.15, 0.2) is 18.9 Å². The highest BCUT2D eigenvalue weighted by Crippen LogP contribution is 2.33. The first-order valence-electron chi connectivity index (χ1n) is 17.2. The zero-order valence-electron chi connectivity index (χ0n) is 29.4. The Morgan fingerprint density at radius 1 is 0.860 bits per heavy atom. The Morgan fingerprint density at radius 2 is 1.44 bits per heavy atom. The van der Waals surface area contributed by atoms with Gasteiger partial charge in [0.2, 0.25) is 5.91 Å². The number of nitrogens with two attached hydrogens (primary N) is 1. The molecule has 3 aliphatic heterocycles. The zero-order valence-corrected chi connectivity index (χ0v) is 29.4. The van der Waals surface area contributed by atoms with Gasteiger partial charge in [-0.3, -0.25) is 4.79 Å². The number of aliphatic hydroxyl groups is 7. The molecule has 19 heteroatoms. The fourth-order valence-corrected chi connectivity index (χ4v) is 6.35. The maximum Gasteiger partial charge on any atom is 0.217 e. The van der Waals surface area contributed by atoms with E-state index in [9.17, 15) is 40.5 Å². The molecule has 0 saturated carbocycles. The molecule has 0 spiro atoms. The SMILES string of the molecule is COCCOC(O)CCNC(C)CNC1[C@H](O[C@@H]2C(CO)O[C@@H](C)C(N)[C@H]2O)OC(CO)[C@@H](O[C@@H]2OC(CO)[C@H](C)[C@H](O)C2NC(C)=O)[C@@H]1O. The summed E-state index contributed by atoms with van der Waals surface area (Å²) in [4.78, 5) is 12.1. The monoisotopic (exact) mass is 728 g/mol. The highest BCUT2D eigenvalue weighted by Gasteiger charge is 2.53. The lowest BCUT2D eigenvalue weighted by Crippen LogP contribution is -2.70. The lowest BCUT2D eigenvalue weighted by Gasteiger charge is -2.50. The van der Waals surface area contributed by atoms with Gasteiger partial charge in [0.1, 0.15) is 42.7 Å². The van der Waals surface area contributed by atoms with Crippen LogP contribution in [-0.4, -0.2) is 193 Å². The molecule has 3 aliphatic rings. The summed E-state index contributed by atoms with van der Waals surface area (Å²) in [5.74, 6) is -1.07. The minimum atomic E-state index is -1.50. The van der Waals surface area contributed by atoms with E-state index < -0.39 is 124 Å². The van der Waals surface area contributed by atoms with Crippen molar-refractivity contribution in [3.8, 4) is 0 Å². The minimum Gasteiger partial charge on any atom is -0.394 e. The van der Waals surface area contributed by atoms with Crippen LogP contribution in [0.4, 0.5) is 0 Å². The molecule has 1 amide bonds. The summed E-state index contributed by atoms with van der Waals surface area (Å²) in [6.07, 6.45) is -13.6. The summed E-state index contributed by atoms with van der Waals surface area (Å²) in [6.45, 7) is 5.94. The Balaban J connectivity index is 1.82. The van der Waals surface area contributed by atoms with Crippen LogP contribution in [0.1, 0.15) is 34.1 Å². The summed E-state index contributed by atoms with van der Waals surface area (Å²) in [7, 11) is 1.53. The number of rotatable bonds is 19. The van der Waals surface area contributed by atoms with Crippen molar-refractivity contribution in [2.45, 2.75) is 132 Å². The first kappa shape index (κ1) is 43.2. The van der Waals surface area contributed by atoms with Crippen molar-refractivity contribution in [2.75, 3.05) is 53.2 Å². The van der Waals surface area contributed by atoms with Gasteiger partial charge in [0, 0.05) is 45.5 Å². The van der Waals surface area contributed by atoms with E-state index in [1.807, 2.05) is 6.92 Å². The third-order valence-corrected chi connectivity index (χ3v) is 9.43. The van der Waals surface area contributed by atoms with Gasteiger partial charge < -0.3 is 90.6 Å². The van der Waals surface area contributed by atoms with Gasteiger partial charge in [-0.15, -0.1) is 0 Å². The molecular weight excluding hydrogens is 668 g/mol. The molecule has 294 valence electrons. The number of methoxy groups -OCH3 is 1. The van der Waals surface area contributed by atoms with Crippen LogP contribution in [0.5, 0.6) is 0 Å². The molecule has 0 radical (unpaired) electrons. The predicted molar refractivity (Wildman–Crippen MR) is 173 cm³/mol. The third-order valence-electron chi connectivity index (χ3n) is 9.43. The Hall–Kier alpha value is -1.21. The number of nitrogens with one attached hydrogen (secondary N) is 3. The molecule has 12 N–H and O–H groups in total. The molecule has 0 aliphatic carbocycles. The van der Waals surface area contributed by atoms with Gasteiger partial charge in [0.25, 0.3) is 0 Å². The van der Waals surface area contributed by atoms with Crippen LogP contribution in [0.3, 0.4) is 0 Å². The lowest BCUT2D eigenvalue weighted by molar-refractivity contribution is -0.344. The van der Waals surface area contributed by atoms with E-state index in [1.54, 1.807) is 13.8 Å². The van der Waals surface area contributed by atoms with Crippen molar-refractivity contribution < 1.29 is 73.7 Å². The molecule has 3 rings (SSSR count). The van der Waals surface area contributed by atoms with Crippen LogP contribution in [0.2, 0.25) is 0 Å². The van der Waals surface area contributed by atoms with E-state index in [1.165, 1.54) is 14.0 Å². The van der Waals surface area contributed by atoms with Gasteiger partial charge >= 0.3 is 0 Å². The van der Waals surface area contributed by atoms with Gasteiger partial charge in [-0.2, -0.15) is 0 Å². The number of carbonyl (C=O) groups excluding carboxylic acids is 1. The molecule has 3 fully saturated rings. The number of hydrogen-bond donors (Lipinski definition) is 11. The molecule has 0 aromatic carbocycles. The van der Waals surface area contributed by atoms with E-state index in [-0.39, 0.29) is 19.2 Å². The largest absolute Gasteiger partial charge is 0.394 e. The number of hydrogen-bond acceptors (Lipinski definition) is 18. The Labute approximate surface area is 292 Å². The van der Waals surface area contributed by atoms with E-state index in [0.717, 1.165) is 0 Å². The first-order valence-corrected chi connectivity index (χ1v) is 17.2. The van der Waals surface area contributed by atoms with Crippen LogP contribution in [0.15, 0.2) is 0 Å². The van der Waals surface area contributed by atoms with Crippen molar-refractivity contribution >= 4 is 5.91 Å². The highest BCUT2D eigenvalue weighted by atomic mass is 16.7. The number of carbonyl (C=O) groups is 1. The average molecular weight is 729 g/mol. The van der Waals surface area contributed by atoms with Crippen LogP contribution in [-0.2, 0) is 38.0 Å². The topological polar surface area (TPSA) is 285 Å². The van der Waals surface area contributed by atoms with Gasteiger partial charge in [-0.1, -0.05) is 6.92 Å². The second kappa shape index (κ2) is 20.9. The van der Waals surface area contributed by atoms with Crippen molar-refractivity contribution in [2.24, 2.45) is 11.7 Å². The molecule has 19 nitrogen and oxygen atoms in total. The normalized spacial score (nSPS) is 40.7. The van der Waals surface area contributed by atoms with Crippen molar-refractivity contribution in [3.63, 3.8) is 0 Å². The van der Waals surface area contributed by atoms with E-state index in [4.69, 9.17) is 38.9 Å². The molecule has 17 atom stereocenters. The standard InChI is InChI=1S/C31H60N4O15/c1-14(33-7-6-21(40)45-9-8-44-5)10-34-23-27(43)29(50-31-24(35-17(4)39)25(41)15(2)18(11-36)47-31)20(13-38)48-30(23)49-28-19(12-37)46-16(3)22(32)26(28)42/h14-16,18-31,33-34,36-38,40-43H,6-13,32H2,1-5H3,(H,35,39)/t14?,15-,16-,18?,19?,20?,21?,22?,23?,24?,25-,26+,27+,28+,29+,30-,31-/m0/s1. The van der Waals surface area contributed by atoms with E-state index >= 15 is 0 Å². The Bertz CT molecular complexity index is 990. The molecule has 8 unspecified atom stereocenters. The lowest BCUT2D eigenvalue weighted by atomic mass is 9.89. The summed E-state index contributed by atoms with van der Waals surface area (Å²) in [5, 5.41) is 83.3. The van der Waals surface area contributed by atoms with Gasteiger partial charge in [-0.05, 0) is 13.8 Å². The highest BCUT2D eigenvalue weighted by molar-refractivity contribution is 5.73. The molecule has 0 aromatic heterocycles. The fourth-order valence-electron chi connectivity index (χ4n) is 6.35. The molecule has 3 saturated heterocycles. The zero-order chi connectivity index (χ0) is 37.1. The summed E-state index contributed by atoms with van der Waals surface area (Å²) < 4.78 is 40.4. The van der Waals surface area contributed by atoms with Crippen molar-refractivity contribution in [1.29, 1.82) is 0 Å². The molecule has 3 heterocycles. The average Bonchev–Trinajstić information content (AvgIpc) is 3.08. The van der Waals surface area contributed by atoms with Crippen molar-refractivity contribution in [1.82, 2.24) is 16.0 Å². The van der Waals surface area contributed by atoms with Crippen LogP contribution in [0, 0.1) is 5.92 Å². The quantitative estimate of drug-likeness (QED) is 0.0438. The van der Waals surface area contributed by atoms with Crippen LogP contribution in [0.25, 0.3) is 0 Å². The molecule has 0 aromatic rings. The second-order valence-electron chi connectivity index (χ2n) is 13.2. The Morgan fingerprint density at radius 3 is 2.04 bits per heavy atom. The van der Waals surface area contributed by atoms with E-state index in [0.29, 0.717) is 19.6 Å². The summed E-state index contributed by atoms with van der Waals surface area (Å²) in [5.41, 5.74) is 6.14. The number of amides is 1. The Kier molecular flexibility index (Phi) is 18.0. The first-order chi connectivity index (χ1) is 23.8. The fraction of sp³-hybridized carbons (Fsp3) is 0.968. The maximum atomic E-state index is 12.1. The molecule has 50 heavy (non-hydrogen) atoms. The van der Waals surface area contributed by atoms with Gasteiger partial charge in [-0.25, -0.2) is 0 Å². The summed E-state index contributed by atoms with van der Waals surface area (Å²) >= 11 is 0. The molecular formula is C31H60N4O15. The van der Waals surface area contributed by atoms with Gasteiger partial charge in [0.05, 0.1) is 63.4 Å². The smallest absolute Gasteiger partial charge is 0.217 e. The van der Waals surface area contributed by atoms with E-state index in [2.05, 4.69) is 16.0 Å². The number of aliphatic hydroxyl groups excluding tert-OH is 7. The predicted octanol–water partition coefficient (Wildman–Crippen LogP) is -5.17. The van der Waals surface area contributed by atoms with Crippen LogP contribution < -0.4 is 21.7 Å². The summed E-state index contributed by atoms with van der Waals surface area (Å²) in [6, 6.07) is -3.30. The minimum absolute atomic E-state index is 0.211. The second-order valence-corrected chi connectivity index (χ2v) is 13.2.